The van der Waals surface area contributed by atoms with E-state index < -0.39 is 0 Å². The van der Waals surface area contributed by atoms with Crippen LogP contribution in [0.15, 0.2) is 133 Å². The molecule has 0 atom stereocenters. The standard InChI is InChI=1S/C14H12N2.C14H13N.C10H10N2.C9H12.C8H12N2.C8H11N.2C6H9N3.6C2H6/c1-9-12-8-7-11-5-3-4-6-13(11)14(12)16-10(2)15-9;1-10-7-8-12-11-5-3-4-6-13(11)15(2)14(12)9-10;1-7-9-5-3-4-6-10(9)12-8(2)11-7;1-7-4-8(2)6-9(3)5-7;1-5-6(2)9-8(4)10-7(5)3;1-6-4-7(2)9-8(3)5-6;2*1-4-7-5(2)9-6(3)8-4;6*1-2/h3-8H,1-2H3;3-9H,1-2H3;3-6H,1-2H3;4-6H,1-3H3;1-4H3;4-5H,1-3H3;2*1-3H3;6*1-2H3. The number of pyridine rings is 1. The predicted octanol–water partition coefficient (Wildman–Crippen LogP) is 23.4. The van der Waals surface area contributed by atoms with E-state index in [-0.39, 0.29) is 0 Å². The molecule has 6 aromatic carbocycles. The Balaban J connectivity index is 0.00000112. The number of rotatable bonds is 0. The first-order valence-electron chi connectivity index (χ1n) is 36.0. The predicted molar refractivity (Wildman–Crippen MR) is 437 cm³/mol. The van der Waals surface area contributed by atoms with Crippen molar-refractivity contribution >= 4 is 54.4 Å². The maximum atomic E-state index is 4.55. The number of aryl methyl sites for hydroxylation is 21. The summed E-state index contributed by atoms with van der Waals surface area (Å²) in [5.41, 5.74) is 19.1. The number of hydrogen-bond donors (Lipinski definition) is 0. The lowest BCUT2D eigenvalue weighted by Crippen LogP contribution is -1.97. The monoisotopic (exact) mass is 1370 g/mol. The number of nitrogens with zero attached hydrogens (tertiary/aromatic N) is 14. The highest BCUT2D eigenvalue weighted by molar-refractivity contribution is 6.08. The molecule has 101 heavy (non-hydrogen) atoms. The van der Waals surface area contributed by atoms with Crippen LogP contribution in [0.5, 0.6) is 0 Å². The lowest BCUT2D eigenvalue weighted by atomic mass is 10.1. The van der Waals surface area contributed by atoms with Crippen molar-refractivity contribution in [3.8, 4) is 0 Å². The van der Waals surface area contributed by atoms with E-state index in [0.717, 1.165) is 108 Å². The highest BCUT2D eigenvalue weighted by atomic mass is 15.0. The number of fused-ring (bicyclic) bond motifs is 7. The van der Waals surface area contributed by atoms with E-state index in [9.17, 15) is 0 Å². The van der Waals surface area contributed by atoms with Crippen LogP contribution in [0.3, 0.4) is 0 Å². The van der Waals surface area contributed by atoms with Crippen molar-refractivity contribution < 1.29 is 0 Å². The Labute approximate surface area is 609 Å². The van der Waals surface area contributed by atoms with Gasteiger partial charge in [0.25, 0.3) is 0 Å². The molecule has 0 N–H and O–H groups in total. The van der Waals surface area contributed by atoms with Crippen LogP contribution in [0.25, 0.3) is 54.4 Å². The highest BCUT2D eigenvalue weighted by Gasteiger charge is 2.08. The molecule has 0 saturated heterocycles. The van der Waals surface area contributed by atoms with Gasteiger partial charge >= 0.3 is 0 Å². The molecule has 14 heteroatoms. The Morgan fingerprint density at radius 1 is 0.228 bits per heavy atom. The third kappa shape index (κ3) is 31.6. The first-order valence-corrected chi connectivity index (χ1v) is 36.0. The Kier molecular flexibility index (Phi) is 44.3. The maximum Gasteiger partial charge on any atom is 0.129 e. The summed E-state index contributed by atoms with van der Waals surface area (Å²) in [5.74, 6) is 7.29. The third-order valence-corrected chi connectivity index (χ3v) is 14.1. The smallest absolute Gasteiger partial charge is 0.129 e. The van der Waals surface area contributed by atoms with Gasteiger partial charge in [0.1, 0.15) is 52.4 Å². The zero-order valence-electron chi connectivity index (χ0n) is 68.5. The topological polar surface area (TPSA) is 172 Å². The van der Waals surface area contributed by atoms with Crippen molar-refractivity contribution in [3.05, 3.63) is 253 Å². The summed E-state index contributed by atoms with van der Waals surface area (Å²) in [6, 6.07) is 46.5. The molecular weight excluding hydrogens is 1240 g/mol. The molecule has 14 nitrogen and oxygen atoms in total. The number of benzene rings is 6. The minimum absolute atomic E-state index is 0.792. The van der Waals surface area contributed by atoms with Crippen LogP contribution in [0.1, 0.15) is 203 Å². The number of aromatic nitrogens is 14. The minimum atomic E-state index is 0.792. The Morgan fingerprint density at radius 3 is 1.00 bits per heavy atom. The van der Waals surface area contributed by atoms with Gasteiger partial charge in [-0.3, -0.25) is 4.98 Å². The first kappa shape index (κ1) is 91.3. The van der Waals surface area contributed by atoms with Gasteiger partial charge < -0.3 is 4.57 Å². The average molecular weight is 1370 g/mol. The molecule has 13 rings (SSSR count). The number of hydrogen-bond acceptors (Lipinski definition) is 13. The Bertz CT molecular complexity index is 4130. The summed E-state index contributed by atoms with van der Waals surface area (Å²) in [4.78, 5) is 54.3. The summed E-state index contributed by atoms with van der Waals surface area (Å²) >= 11 is 0. The van der Waals surface area contributed by atoms with Crippen molar-refractivity contribution in [3.63, 3.8) is 0 Å². The lowest BCUT2D eigenvalue weighted by molar-refractivity contribution is 0.874. The lowest BCUT2D eigenvalue weighted by Gasteiger charge is -2.05. The zero-order valence-corrected chi connectivity index (χ0v) is 68.5. The molecule has 0 bridgehead atoms. The minimum Gasteiger partial charge on any atom is -0.344 e. The Morgan fingerprint density at radius 2 is 0.554 bits per heavy atom. The summed E-state index contributed by atoms with van der Waals surface area (Å²) < 4.78 is 2.26. The SMILES string of the molecule is CC.CC.CC.CC.CC.CC.Cc1cc(C)cc(C)c1.Cc1cc(C)nc(C)c1.Cc1ccc2c3ccccc3n(C)c2c1.Cc1nc(C)c(C)c(C)n1.Cc1nc(C)c2ccc3ccccc3c2n1.Cc1nc(C)c2ccccc2n1.Cc1nc(C)nc(C)n1.Cc1nc(C)nc(C)n1. The van der Waals surface area contributed by atoms with Gasteiger partial charge in [-0.1, -0.05) is 203 Å². The van der Waals surface area contributed by atoms with E-state index in [1.165, 1.54) is 66.0 Å². The van der Waals surface area contributed by atoms with Crippen LogP contribution in [-0.4, -0.2) is 69.4 Å². The normalized spacial score (nSPS) is 9.49. The molecule has 542 valence electrons. The van der Waals surface area contributed by atoms with Crippen molar-refractivity contribution in [1.29, 1.82) is 0 Å². The molecule has 0 saturated carbocycles. The molecule has 0 aliphatic carbocycles. The fraction of sp³-hybridized carbons (Fsp3) is 0.391. The summed E-state index contributed by atoms with van der Waals surface area (Å²) in [6.45, 7) is 65.7. The quantitative estimate of drug-likeness (QED) is 0.131. The molecule has 0 aliphatic heterocycles. The average Bonchev–Trinajstić information content (AvgIpc) is 1.75. The van der Waals surface area contributed by atoms with Gasteiger partial charge in [0.2, 0.25) is 0 Å². The molecule has 0 amide bonds. The van der Waals surface area contributed by atoms with Crippen molar-refractivity contribution in [2.24, 2.45) is 7.05 Å². The largest absolute Gasteiger partial charge is 0.344 e. The van der Waals surface area contributed by atoms with Crippen molar-refractivity contribution in [1.82, 2.24) is 69.4 Å². The summed E-state index contributed by atoms with van der Waals surface area (Å²) in [5, 5.41) is 7.40. The van der Waals surface area contributed by atoms with Gasteiger partial charge in [0.05, 0.1) is 11.0 Å². The van der Waals surface area contributed by atoms with E-state index in [1.807, 2.05) is 218 Å². The van der Waals surface area contributed by atoms with Crippen LogP contribution in [0.2, 0.25) is 0 Å². The molecule has 0 unspecified atom stereocenters. The fourth-order valence-electron chi connectivity index (χ4n) is 10.5. The van der Waals surface area contributed by atoms with Gasteiger partial charge in [0, 0.05) is 79.2 Å². The van der Waals surface area contributed by atoms with Crippen molar-refractivity contribution in [2.75, 3.05) is 0 Å². The van der Waals surface area contributed by atoms with E-state index in [1.54, 1.807) is 0 Å². The first-order chi connectivity index (χ1) is 48.1. The molecule has 0 fully saturated rings. The van der Waals surface area contributed by atoms with Crippen LogP contribution >= 0.6 is 0 Å². The van der Waals surface area contributed by atoms with E-state index in [2.05, 4.69) is 220 Å². The molecule has 7 heterocycles. The molecule has 0 spiro atoms. The van der Waals surface area contributed by atoms with Crippen LogP contribution in [-0.2, 0) is 7.05 Å². The second-order valence-corrected chi connectivity index (χ2v) is 22.6. The zero-order chi connectivity index (χ0) is 77.2. The van der Waals surface area contributed by atoms with E-state index in [4.69, 9.17) is 0 Å². The summed E-state index contributed by atoms with van der Waals surface area (Å²) in [6.07, 6.45) is 0. The van der Waals surface area contributed by atoms with Crippen LogP contribution < -0.4 is 0 Å². The van der Waals surface area contributed by atoms with Gasteiger partial charge in [0.15, 0.2) is 0 Å². The fourth-order valence-corrected chi connectivity index (χ4v) is 10.5. The molecular formula is C87H124N14. The van der Waals surface area contributed by atoms with Gasteiger partial charge in [-0.05, 0) is 198 Å². The second kappa shape index (κ2) is 48.9. The van der Waals surface area contributed by atoms with Gasteiger partial charge in [-0.15, -0.1) is 0 Å². The molecule has 0 radical (unpaired) electrons. The highest BCUT2D eigenvalue weighted by Crippen LogP contribution is 2.29. The molecule has 0 aliphatic rings. The molecule has 13 aromatic rings. The second-order valence-electron chi connectivity index (χ2n) is 22.6. The molecule has 7 aromatic heterocycles. The van der Waals surface area contributed by atoms with E-state index in [0.29, 0.717) is 0 Å². The summed E-state index contributed by atoms with van der Waals surface area (Å²) in [7, 11) is 2.13. The number of para-hydroxylation sites is 2. The van der Waals surface area contributed by atoms with Gasteiger partial charge in [-0.25, -0.2) is 59.8 Å². The third-order valence-electron chi connectivity index (χ3n) is 14.1. The van der Waals surface area contributed by atoms with Gasteiger partial charge in [-0.2, -0.15) is 0 Å². The maximum absolute atomic E-state index is 4.55. The van der Waals surface area contributed by atoms with E-state index >= 15 is 0 Å². The van der Waals surface area contributed by atoms with Crippen LogP contribution in [0, 0.1) is 145 Å². The van der Waals surface area contributed by atoms with Crippen LogP contribution in [0.4, 0.5) is 0 Å². The van der Waals surface area contributed by atoms with Crippen molar-refractivity contribution in [2.45, 2.75) is 228 Å². The Hall–Kier alpha value is -9.69.